The van der Waals surface area contributed by atoms with Gasteiger partial charge in [0.15, 0.2) is 0 Å². The van der Waals surface area contributed by atoms with E-state index in [1.54, 1.807) is 13.0 Å². The second-order valence-corrected chi connectivity index (χ2v) is 11.2. The third-order valence-corrected chi connectivity index (χ3v) is 7.82. The maximum absolute atomic E-state index is 12.3. The number of ether oxygens (including phenoxy) is 4. The predicted octanol–water partition coefficient (Wildman–Crippen LogP) is 2.77. The van der Waals surface area contributed by atoms with Gasteiger partial charge in [-0.3, -0.25) is 19.8 Å². The fourth-order valence-electron chi connectivity index (χ4n) is 5.50. The van der Waals surface area contributed by atoms with Crippen molar-refractivity contribution in [3.63, 3.8) is 0 Å². The van der Waals surface area contributed by atoms with E-state index in [9.17, 15) is 14.4 Å². The minimum Gasteiger partial charge on any atom is -0.459 e. The van der Waals surface area contributed by atoms with Gasteiger partial charge in [-0.15, -0.1) is 0 Å². The Balaban J connectivity index is 1.48. The molecule has 0 saturated carbocycles. The van der Waals surface area contributed by atoms with Crippen molar-refractivity contribution in [3.05, 3.63) is 36.0 Å². The summed E-state index contributed by atoms with van der Waals surface area (Å²) in [5.41, 5.74) is 3.07. The van der Waals surface area contributed by atoms with Gasteiger partial charge in [-0.1, -0.05) is 30.7 Å². The SMILES string of the molecule is CC(=O)OC(C)C=CC(=O)NC1CC(C)C(CC=C(C)C=CC2CC3(CC(CC(=O)NN)O2)OC3C)OC1C. The Morgan fingerprint density at radius 2 is 1.85 bits per heavy atom. The first kappa shape index (κ1) is 31.0. The van der Waals surface area contributed by atoms with Crippen LogP contribution >= 0.6 is 0 Å². The largest absolute Gasteiger partial charge is 0.459 e. The summed E-state index contributed by atoms with van der Waals surface area (Å²) in [5, 5.41) is 3.01. The molecule has 0 aromatic rings. The van der Waals surface area contributed by atoms with Gasteiger partial charge in [0.2, 0.25) is 11.8 Å². The van der Waals surface area contributed by atoms with Crippen molar-refractivity contribution in [2.75, 3.05) is 0 Å². The Bertz CT molecular complexity index is 980. The molecular formula is C29H45N3O7. The quantitative estimate of drug-likeness (QED) is 0.0721. The highest BCUT2D eigenvalue weighted by Crippen LogP contribution is 2.48. The molecule has 218 valence electrons. The minimum atomic E-state index is -0.462. The summed E-state index contributed by atoms with van der Waals surface area (Å²) in [5.74, 6) is 4.65. The number of nitrogens with one attached hydrogen (secondary N) is 2. The maximum atomic E-state index is 12.3. The van der Waals surface area contributed by atoms with E-state index >= 15 is 0 Å². The number of esters is 1. The van der Waals surface area contributed by atoms with Crippen molar-refractivity contribution in [1.29, 1.82) is 0 Å². The summed E-state index contributed by atoms with van der Waals surface area (Å²) in [6.07, 6.45) is 11.7. The van der Waals surface area contributed by atoms with Crippen molar-refractivity contribution >= 4 is 17.8 Å². The van der Waals surface area contributed by atoms with Crippen LogP contribution in [0.2, 0.25) is 0 Å². The van der Waals surface area contributed by atoms with Gasteiger partial charge in [-0.05, 0) is 52.5 Å². The Labute approximate surface area is 231 Å². The van der Waals surface area contributed by atoms with Crippen LogP contribution in [-0.2, 0) is 33.3 Å². The first-order valence-corrected chi connectivity index (χ1v) is 13.9. The summed E-state index contributed by atoms with van der Waals surface area (Å²) in [6, 6.07) is -0.0977. The molecule has 0 aromatic heterocycles. The highest BCUT2D eigenvalue weighted by Gasteiger charge is 2.57. The molecule has 3 heterocycles. The van der Waals surface area contributed by atoms with Gasteiger partial charge in [0.05, 0.1) is 48.6 Å². The first-order chi connectivity index (χ1) is 18.4. The average molecular weight is 548 g/mol. The van der Waals surface area contributed by atoms with Crippen molar-refractivity contribution in [1.82, 2.24) is 10.7 Å². The van der Waals surface area contributed by atoms with Crippen molar-refractivity contribution in [2.45, 2.75) is 122 Å². The number of allylic oxidation sites excluding steroid dienone is 2. The van der Waals surface area contributed by atoms with Crippen molar-refractivity contribution in [2.24, 2.45) is 11.8 Å². The van der Waals surface area contributed by atoms with Gasteiger partial charge in [0.1, 0.15) is 6.10 Å². The number of hydrazine groups is 1. The average Bonchev–Trinajstić information content (AvgIpc) is 3.47. The van der Waals surface area contributed by atoms with E-state index in [0.29, 0.717) is 6.42 Å². The Hall–Kier alpha value is -2.53. The van der Waals surface area contributed by atoms with Crippen molar-refractivity contribution < 1.29 is 33.3 Å². The van der Waals surface area contributed by atoms with Gasteiger partial charge in [-0.25, -0.2) is 5.84 Å². The highest BCUT2D eigenvalue weighted by atomic mass is 16.6. The number of hydrogen-bond donors (Lipinski definition) is 3. The molecule has 39 heavy (non-hydrogen) atoms. The third kappa shape index (κ3) is 9.27. The van der Waals surface area contributed by atoms with Crippen LogP contribution in [0.3, 0.4) is 0 Å². The molecule has 0 aliphatic carbocycles. The molecule has 3 aliphatic heterocycles. The van der Waals surface area contributed by atoms with Gasteiger partial charge < -0.3 is 24.3 Å². The fourth-order valence-corrected chi connectivity index (χ4v) is 5.50. The molecule has 10 nitrogen and oxygen atoms in total. The van der Waals surface area contributed by atoms with Gasteiger partial charge in [-0.2, -0.15) is 0 Å². The van der Waals surface area contributed by atoms with E-state index in [4.69, 9.17) is 24.8 Å². The Morgan fingerprint density at radius 3 is 2.49 bits per heavy atom. The molecule has 0 aromatic carbocycles. The number of rotatable bonds is 10. The lowest BCUT2D eigenvalue weighted by molar-refractivity contribution is -0.143. The molecular weight excluding hydrogens is 502 g/mol. The fraction of sp³-hybridized carbons (Fsp3) is 0.690. The summed E-state index contributed by atoms with van der Waals surface area (Å²) in [4.78, 5) is 35.1. The van der Waals surface area contributed by atoms with Gasteiger partial charge in [0, 0.05) is 25.8 Å². The zero-order valence-corrected chi connectivity index (χ0v) is 24.0. The highest BCUT2D eigenvalue weighted by molar-refractivity contribution is 5.87. The first-order valence-electron chi connectivity index (χ1n) is 13.9. The summed E-state index contributed by atoms with van der Waals surface area (Å²) < 4.78 is 23.3. The molecule has 4 N–H and O–H groups in total. The lowest BCUT2D eigenvalue weighted by atomic mass is 9.87. The third-order valence-electron chi connectivity index (χ3n) is 7.82. The van der Waals surface area contributed by atoms with Gasteiger partial charge >= 0.3 is 5.97 Å². The molecule has 0 bridgehead atoms. The summed E-state index contributed by atoms with van der Waals surface area (Å²) in [6.45, 7) is 11.3. The molecule has 1 spiro atoms. The molecule has 0 radical (unpaired) electrons. The van der Waals surface area contributed by atoms with Crippen LogP contribution in [0.1, 0.15) is 73.6 Å². The minimum absolute atomic E-state index is 0.0464. The van der Waals surface area contributed by atoms with E-state index in [-0.39, 0.29) is 72.3 Å². The number of carbonyl (C=O) groups is 3. The molecule has 9 atom stereocenters. The molecule has 10 heteroatoms. The van der Waals surface area contributed by atoms with Crippen LogP contribution in [0.5, 0.6) is 0 Å². The van der Waals surface area contributed by atoms with Crippen LogP contribution in [-0.4, -0.2) is 66.1 Å². The van der Waals surface area contributed by atoms with E-state index in [1.165, 1.54) is 13.0 Å². The molecule has 3 fully saturated rings. The zero-order valence-electron chi connectivity index (χ0n) is 24.0. The molecule has 9 unspecified atom stereocenters. The van der Waals surface area contributed by atoms with Gasteiger partial charge in [0.25, 0.3) is 0 Å². The van der Waals surface area contributed by atoms with Crippen LogP contribution in [0.15, 0.2) is 36.0 Å². The number of nitrogens with two attached hydrogens (primary N) is 1. The lowest BCUT2D eigenvalue weighted by Gasteiger charge is -2.39. The number of amides is 2. The number of carbonyl (C=O) groups excluding carboxylic acids is 3. The molecule has 3 aliphatic rings. The summed E-state index contributed by atoms with van der Waals surface area (Å²) in [7, 11) is 0. The topological polar surface area (TPSA) is 142 Å². The van der Waals surface area contributed by atoms with E-state index < -0.39 is 6.10 Å². The lowest BCUT2D eigenvalue weighted by Crippen LogP contribution is -2.50. The number of hydrogen-bond acceptors (Lipinski definition) is 8. The smallest absolute Gasteiger partial charge is 0.303 e. The summed E-state index contributed by atoms with van der Waals surface area (Å²) >= 11 is 0. The molecule has 2 amide bonds. The van der Waals surface area contributed by atoms with E-state index in [2.05, 4.69) is 36.7 Å². The number of epoxide rings is 1. The molecule has 3 saturated heterocycles. The second kappa shape index (κ2) is 13.7. The predicted molar refractivity (Wildman–Crippen MR) is 146 cm³/mol. The Kier molecular flexibility index (Phi) is 10.9. The standard InChI is InChI=1S/C29H45N3O7/c1-17(7-10-23-15-29(21(5)39-29)16-24(38-23)14-28(35)32-30)8-11-26-18(2)13-25(20(4)37-26)31-27(34)12-9-19(3)36-22(6)33/h7-10,12,18-21,23-26H,11,13-16,30H2,1-6H3,(H,31,34)(H,32,35). The monoisotopic (exact) mass is 547 g/mol. The Morgan fingerprint density at radius 1 is 1.13 bits per heavy atom. The van der Waals surface area contributed by atoms with Crippen LogP contribution in [0.25, 0.3) is 0 Å². The normalized spacial score (nSPS) is 35.7. The van der Waals surface area contributed by atoms with Crippen LogP contribution < -0.4 is 16.6 Å². The van der Waals surface area contributed by atoms with Crippen molar-refractivity contribution in [3.8, 4) is 0 Å². The van der Waals surface area contributed by atoms with E-state index in [1.807, 2.05) is 19.9 Å². The zero-order chi connectivity index (χ0) is 28.7. The van der Waals surface area contributed by atoms with Crippen LogP contribution in [0, 0.1) is 5.92 Å². The maximum Gasteiger partial charge on any atom is 0.303 e. The second-order valence-electron chi connectivity index (χ2n) is 11.2. The van der Waals surface area contributed by atoms with E-state index in [0.717, 1.165) is 24.8 Å². The van der Waals surface area contributed by atoms with Crippen LogP contribution in [0.4, 0.5) is 0 Å². The molecule has 3 rings (SSSR count).